The van der Waals surface area contributed by atoms with E-state index in [2.05, 4.69) is 5.32 Å². The van der Waals surface area contributed by atoms with Crippen molar-refractivity contribution in [1.29, 1.82) is 0 Å². The lowest BCUT2D eigenvalue weighted by atomic mass is 9.86. The lowest BCUT2D eigenvalue weighted by Crippen LogP contribution is -2.41. The molecule has 0 atom stereocenters. The van der Waals surface area contributed by atoms with Crippen LogP contribution in [0.15, 0.2) is 24.3 Å². The zero-order valence-corrected chi connectivity index (χ0v) is 12.6. The average molecular weight is 290 g/mol. The Labute approximate surface area is 125 Å². The van der Waals surface area contributed by atoms with Crippen molar-refractivity contribution in [3.8, 4) is 0 Å². The quantitative estimate of drug-likeness (QED) is 0.871. The molecule has 114 valence electrons. The number of rotatable bonds is 5. The van der Waals surface area contributed by atoms with Crippen LogP contribution in [0.1, 0.15) is 36.0 Å². The van der Waals surface area contributed by atoms with E-state index >= 15 is 0 Å². The molecule has 21 heavy (non-hydrogen) atoms. The van der Waals surface area contributed by atoms with E-state index in [-0.39, 0.29) is 12.5 Å². The molecule has 2 rings (SSSR count). The number of anilines is 1. The molecule has 0 radical (unpaired) electrons. The highest BCUT2D eigenvalue weighted by atomic mass is 16.4. The Bertz CT molecular complexity index is 534. The summed E-state index contributed by atoms with van der Waals surface area (Å²) in [6, 6.07) is 7.29. The van der Waals surface area contributed by atoms with Crippen LogP contribution in [0.25, 0.3) is 0 Å². The van der Waals surface area contributed by atoms with Crippen LogP contribution in [0.4, 0.5) is 5.69 Å². The zero-order valence-electron chi connectivity index (χ0n) is 12.6. The fourth-order valence-corrected chi connectivity index (χ4v) is 2.79. The number of carbonyl (C=O) groups is 2. The molecule has 0 aliphatic heterocycles. The molecule has 1 aromatic rings. The Morgan fingerprint density at radius 3 is 2.52 bits per heavy atom. The first kappa shape index (κ1) is 15.4. The van der Waals surface area contributed by atoms with Crippen molar-refractivity contribution in [2.45, 2.75) is 25.7 Å². The van der Waals surface area contributed by atoms with Gasteiger partial charge in [0.25, 0.3) is 5.91 Å². The highest BCUT2D eigenvalue weighted by Gasteiger charge is 2.41. The molecule has 0 bridgehead atoms. The summed E-state index contributed by atoms with van der Waals surface area (Å²) in [5.74, 6) is -1.02. The molecular formula is C16H22N2O3. The maximum Gasteiger partial charge on any atom is 0.311 e. The summed E-state index contributed by atoms with van der Waals surface area (Å²) < 4.78 is 0. The van der Waals surface area contributed by atoms with Crippen molar-refractivity contribution in [3.05, 3.63) is 29.8 Å². The molecule has 0 saturated heterocycles. The van der Waals surface area contributed by atoms with Crippen molar-refractivity contribution < 1.29 is 14.7 Å². The van der Waals surface area contributed by atoms with Crippen LogP contribution >= 0.6 is 0 Å². The normalized spacial score (nSPS) is 16.5. The van der Waals surface area contributed by atoms with Crippen LogP contribution in [-0.4, -0.2) is 37.6 Å². The van der Waals surface area contributed by atoms with E-state index in [1.807, 2.05) is 31.1 Å². The maximum atomic E-state index is 12.2. The van der Waals surface area contributed by atoms with Crippen LogP contribution in [0.2, 0.25) is 0 Å². The van der Waals surface area contributed by atoms with Crippen molar-refractivity contribution in [3.63, 3.8) is 0 Å². The van der Waals surface area contributed by atoms with Gasteiger partial charge in [-0.15, -0.1) is 0 Å². The van der Waals surface area contributed by atoms with E-state index < -0.39 is 11.4 Å². The van der Waals surface area contributed by atoms with E-state index in [1.165, 1.54) is 0 Å². The van der Waals surface area contributed by atoms with Crippen LogP contribution < -0.4 is 10.2 Å². The summed E-state index contributed by atoms with van der Waals surface area (Å²) in [4.78, 5) is 25.6. The first-order valence-electron chi connectivity index (χ1n) is 7.24. The standard InChI is InChI=1S/C16H22N2O3/c1-18(2)13-7-5-6-12(10-13)14(19)17-11-16(15(20)21)8-3-4-9-16/h5-7,10H,3-4,8-9,11H2,1-2H3,(H,17,19)(H,20,21). The van der Waals surface area contributed by atoms with E-state index in [0.717, 1.165) is 18.5 Å². The average Bonchev–Trinajstić information content (AvgIpc) is 2.95. The maximum absolute atomic E-state index is 12.2. The number of amides is 1. The predicted octanol–water partition coefficient (Wildman–Crippen LogP) is 2.13. The van der Waals surface area contributed by atoms with Gasteiger partial charge in [0.1, 0.15) is 0 Å². The molecule has 1 fully saturated rings. The number of carboxylic acids is 1. The third-order valence-corrected chi connectivity index (χ3v) is 4.23. The summed E-state index contributed by atoms with van der Waals surface area (Å²) in [6.45, 7) is 0.202. The first-order valence-corrected chi connectivity index (χ1v) is 7.24. The molecule has 1 saturated carbocycles. The summed E-state index contributed by atoms with van der Waals surface area (Å²) in [7, 11) is 3.82. The lowest BCUT2D eigenvalue weighted by molar-refractivity contribution is -0.148. The van der Waals surface area contributed by atoms with Gasteiger partial charge in [0, 0.05) is 31.9 Å². The molecule has 1 aliphatic rings. The summed E-state index contributed by atoms with van der Waals surface area (Å²) >= 11 is 0. The van der Waals surface area contributed by atoms with Crippen molar-refractivity contribution >= 4 is 17.6 Å². The van der Waals surface area contributed by atoms with Gasteiger partial charge in [-0.1, -0.05) is 18.9 Å². The number of carboxylic acid groups (broad SMARTS) is 1. The number of benzene rings is 1. The van der Waals surface area contributed by atoms with Crippen LogP contribution in [0.3, 0.4) is 0 Å². The van der Waals surface area contributed by atoms with Gasteiger partial charge in [-0.3, -0.25) is 9.59 Å². The van der Waals surface area contributed by atoms with Crippen LogP contribution in [0.5, 0.6) is 0 Å². The van der Waals surface area contributed by atoms with Gasteiger partial charge in [-0.2, -0.15) is 0 Å². The number of nitrogens with one attached hydrogen (secondary N) is 1. The number of carbonyl (C=O) groups excluding carboxylic acids is 1. The van der Waals surface area contributed by atoms with Gasteiger partial charge in [0.05, 0.1) is 5.41 Å². The van der Waals surface area contributed by atoms with Gasteiger partial charge < -0.3 is 15.3 Å². The predicted molar refractivity (Wildman–Crippen MR) is 81.6 cm³/mol. The molecule has 0 aromatic heterocycles. The molecule has 1 aromatic carbocycles. The smallest absolute Gasteiger partial charge is 0.311 e. The molecular weight excluding hydrogens is 268 g/mol. The van der Waals surface area contributed by atoms with Gasteiger partial charge in [-0.25, -0.2) is 0 Å². The Morgan fingerprint density at radius 2 is 1.95 bits per heavy atom. The van der Waals surface area contributed by atoms with Gasteiger partial charge in [0.15, 0.2) is 0 Å². The molecule has 1 aliphatic carbocycles. The van der Waals surface area contributed by atoms with Crippen molar-refractivity contribution in [2.24, 2.45) is 5.41 Å². The van der Waals surface area contributed by atoms with Crippen molar-refractivity contribution in [2.75, 3.05) is 25.5 Å². The number of aliphatic carboxylic acids is 1. The molecule has 0 heterocycles. The topological polar surface area (TPSA) is 69.6 Å². The largest absolute Gasteiger partial charge is 0.481 e. The Kier molecular flexibility index (Phi) is 4.50. The number of hydrogen-bond donors (Lipinski definition) is 2. The van der Waals surface area contributed by atoms with Crippen LogP contribution in [0, 0.1) is 5.41 Å². The molecule has 0 spiro atoms. The minimum atomic E-state index is -0.803. The molecule has 5 heteroatoms. The Balaban J connectivity index is 2.04. The second-order valence-corrected chi connectivity index (χ2v) is 5.92. The summed E-state index contributed by atoms with van der Waals surface area (Å²) in [5.41, 5.74) is 0.714. The van der Waals surface area contributed by atoms with Crippen molar-refractivity contribution in [1.82, 2.24) is 5.32 Å². The van der Waals surface area contributed by atoms with E-state index in [4.69, 9.17) is 0 Å². The third-order valence-electron chi connectivity index (χ3n) is 4.23. The SMILES string of the molecule is CN(C)c1cccc(C(=O)NCC2(C(=O)O)CCCC2)c1. The van der Waals surface area contributed by atoms with Gasteiger partial charge in [-0.05, 0) is 31.0 Å². The fourth-order valence-electron chi connectivity index (χ4n) is 2.79. The van der Waals surface area contributed by atoms with E-state index in [1.54, 1.807) is 12.1 Å². The Hall–Kier alpha value is -2.04. The first-order chi connectivity index (χ1) is 9.94. The minimum absolute atomic E-state index is 0.202. The van der Waals surface area contributed by atoms with E-state index in [9.17, 15) is 14.7 Å². The van der Waals surface area contributed by atoms with Gasteiger partial charge in [0.2, 0.25) is 0 Å². The molecule has 5 nitrogen and oxygen atoms in total. The number of nitrogens with zero attached hydrogens (tertiary/aromatic N) is 1. The lowest BCUT2D eigenvalue weighted by Gasteiger charge is -2.24. The fraction of sp³-hybridized carbons (Fsp3) is 0.500. The zero-order chi connectivity index (χ0) is 15.5. The minimum Gasteiger partial charge on any atom is -0.481 e. The highest BCUT2D eigenvalue weighted by molar-refractivity contribution is 5.95. The summed E-state index contributed by atoms with van der Waals surface area (Å²) in [6.07, 6.45) is 3.11. The highest BCUT2D eigenvalue weighted by Crippen LogP contribution is 2.37. The summed E-state index contributed by atoms with van der Waals surface area (Å²) in [5, 5.41) is 12.2. The monoisotopic (exact) mass is 290 g/mol. The third kappa shape index (κ3) is 3.35. The Morgan fingerprint density at radius 1 is 1.29 bits per heavy atom. The molecule has 2 N–H and O–H groups in total. The number of hydrogen-bond acceptors (Lipinski definition) is 3. The second-order valence-electron chi connectivity index (χ2n) is 5.92. The second kappa shape index (κ2) is 6.16. The molecule has 0 unspecified atom stereocenters. The van der Waals surface area contributed by atoms with Crippen LogP contribution in [-0.2, 0) is 4.79 Å². The molecule has 1 amide bonds. The van der Waals surface area contributed by atoms with E-state index in [0.29, 0.717) is 18.4 Å². The van der Waals surface area contributed by atoms with Gasteiger partial charge >= 0.3 is 5.97 Å².